The van der Waals surface area contributed by atoms with Crippen molar-refractivity contribution in [3.63, 3.8) is 0 Å². The molecule has 0 spiro atoms. The smallest absolute Gasteiger partial charge is 0.0276 e. The number of piperazine rings is 1. The van der Waals surface area contributed by atoms with E-state index in [0.717, 1.165) is 24.3 Å². The van der Waals surface area contributed by atoms with Crippen molar-refractivity contribution in [2.45, 2.75) is 45.1 Å². The maximum atomic E-state index is 5.89. The molecule has 0 aromatic heterocycles. The number of hydrogen-bond acceptors (Lipinski definition) is 3. The van der Waals surface area contributed by atoms with Crippen LogP contribution < -0.4 is 5.73 Å². The van der Waals surface area contributed by atoms with Crippen molar-refractivity contribution >= 4 is 0 Å². The number of nitrogens with two attached hydrogens (primary N) is 1. The van der Waals surface area contributed by atoms with Crippen molar-refractivity contribution in [2.75, 3.05) is 39.3 Å². The molecule has 3 unspecified atom stereocenters. The molecule has 3 nitrogen and oxygen atoms in total. The molecule has 2 saturated carbocycles. The van der Waals surface area contributed by atoms with Gasteiger partial charge in [0.2, 0.25) is 0 Å². The Balaban J connectivity index is 1.46. The molecule has 2 bridgehead atoms. The van der Waals surface area contributed by atoms with E-state index >= 15 is 0 Å². The Morgan fingerprint density at radius 1 is 1.05 bits per heavy atom. The van der Waals surface area contributed by atoms with Gasteiger partial charge in [-0.05, 0) is 50.9 Å². The molecule has 110 valence electrons. The second kappa shape index (κ2) is 5.34. The first-order valence-corrected chi connectivity index (χ1v) is 8.26. The summed E-state index contributed by atoms with van der Waals surface area (Å²) in [6.07, 6.45) is 6.12. The highest BCUT2D eigenvalue weighted by atomic mass is 15.3. The van der Waals surface area contributed by atoms with Crippen molar-refractivity contribution in [3.05, 3.63) is 0 Å². The Hall–Kier alpha value is -0.120. The van der Waals surface area contributed by atoms with Gasteiger partial charge in [-0.1, -0.05) is 6.42 Å². The van der Waals surface area contributed by atoms with Gasteiger partial charge in [-0.25, -0.2) is 0 Å². The number of hydrogen-bond donors (Lipinski definition) is 1. The van der Waals surface area contributed by atoms with Crippen LogP contribution in [0.3, 0.4) is 0 Å². The third-order valence-electron chi connectivity index (χ3n) is 6.11. The molecule has 3 atom stereocenters. The SMILES string of the molecule is CC(C)(CN)N1CCN(CC2CC3CCC2C3)CC1. The second-order valence-electron chi connectivity index (χ2n) is 7.74. The van der Waals surface area contributed by atoms with Gasteiger partial charge in [-0.3, -0.25) is 4.90 Å². The highest BCUT2D eigenvalue weighted by Gasteiger charge is 2.40. The number of rotatable bonds is 4. The summed E-state index contributed by atoms with van der Waals surface area (Å²) >= 11 is 0. The minimum Gasteiger partial charge on any atom is -0.329 e. The minimum atomic E-state index is 0.179. The summed E-state index contributed by atoms with van der Waals surface area (Å²) in [7, 11) is 0. The van der Waals surface area contributed by atoms with Crippen LogP contribution in [0.15, 0.2) is 0 Å². The van der Waals surface area contributed by atoms with E-state index in [2.05, 4.69) is 23.6 Å². The number of fused-ring (bicyclic) bond motifs is 2. The normalized spacial score (nSPS) is 37.1. The third kappa shape index (κ3) is 2.84. The Kier molecular flexibility index (Phi) is 3.89. The first kappa shape index (κ1) is 13.8. The molecule has 0 aromatic rings. The van der Waals surface area contributed by atoms with Crippen molar-refractivity contribution in [1.82, 2.24) is 9.80 Å². The van der Waals surface area contributed by atoms with Gasteiger partial charge in [0.25, 0.3) is 0 Å². The fourth-order valence-electron chi connectivity index (χ4n) is 4.60. The second-order valence-corrected chi connectivity index (χ2v) is 7.74. The zero-order valence-corrected chi connectivity index (χ0v) is 12.8. The predicted molar refractivity (Wildman–Crippen MR) is 80.1 cm³/mol. The van der Waals surface area contributed by atoms with Gasteiger partial charge in [0.1, 0.15) is 0 Å². The average Bonchev–Trinajstić information content (AvgIpc) is 3.02. The largest absolute Gasteiger partial charge is 0.329 e. The van der Waals surface area contributed by atoms with Crippen LogP contribution in [0.1, 0.15) is 39.5 Å². The van der Waals surface area contributed by atoms with Crippen LogP contribution in [0.4, 0.5) is 0 Å². The molecule has 3 fully saturated rings. The van der Waals surface area contributed by atoms with Crippen LogP contribution >= 0.6 is 0 Å². The molecule has 3 aliphatic rings. The molecule has 2 N–H and O–H groups in total. The summed E-state index contributed by atoms with van der Waals surface area (Å²) < 4.78 is 0. The van der Waals surface area contributed by atoms with Gasteiger partial charge < -0.3 is 10.6 Å². The van der Waals surface area contributed by atoms with Crippen LogP contribution in [0.5, 0.6) is 0 Å². The molecular weight excluding hydrogens is 234 g/mol. The summed E-state index contributed by atoms with van der Waals surface area (Å²) in [6, 6.07) is 0. The van der Waals surface area contributed by atoms with E-state index in [9.17, 15) is 0 Å². The molecule has 1 saturated heterocycles. The van der Waals surface area contributed by atoms with Gasteiger partial charge in [0, 0.05) is 44.8 Å². The van der Waals surface area contributed by atoms with Gasteiger partial charge >= 0.3 is 0 Å². The van der Waals surface area contributed by atoms with E-state index in [4.69, 9.17) is 5.73 Å². The van der Waals surface area contributed by atoms with Gasteiger partial charge in [0.05, 0.1) is 0 Å². The van der Waals surface area contributed by atoms with E-state index in [1.54, 1.807) is 6.42 Å². The molecule has 0 amide bonds. The van der Waals surface area contributed by atoms with Crippen LogP contribution in [-0.4, -0.2) is 54.6 Å². The Morgan fingerprint density at radius 3 is 2.32 bits per heavy atom. The average molecular weight is 265 g/mol. The van der Waals surface area contributed by atoms with Crippen molar-refractivity contribution in [2.24, 2.45) is 23.5 Å². The molecule has 19 heavy (non-hydrogen) atoms. The van der Waals surface area contributed by atoms with E-state index in [1.165, 1.54) is 52.0 Å². The highest BCUT2D eigenvalue weighted by molar-refractivity contribution is 4.92. The van der Waals surface area contributed by atoms with Gasteiger partial charge in [-0.15, -0.1) is 0 Å². The van der Waals surface area contributed by atoms with E-state index < -0.39 is 0 Å². The van der Waals surface area contributed by atoms with E-state index in [-0.39, 0.29) is 5.54 Å². The van der Waals surface area contributed by atoms with E-state index in [0.29, 0.717) is 0 Å². The predicted octanol–water partition coefficient (Wildman–Crippen LogP) is 1.78. The maximum Gasteiger partial charge on any atom is 0.0276 e. The summed E-state index contributed by atoms with van der Waals surface area (Å²) in [5, 5.41) is 0. The molecule has 3 heteroatoms. The van der Waals surface area contributed by atoms with E-state index in [1.807, 2.05) is 0 Å². The Bertz CT molecular complexity index is 307. The lowest BCUT2D eigenvalue weighted by Crippen LogP contribution is -2.57. The number of nitrogens with zero attached hydrogens (tertiary/aromatic N) is 2. The first-order chi connectivity index (χ1) is 9.08. The quantitative estimate of drug-likeness (QED) is 0.841. The molecule has 0 aromatic carbocycles. The molecule has 3 rings (SSSR count). The van der Waals surface area contributed by atoms with Crippen LogP contribution in [-0.2, 0) is 0 Å². The Labute approximate surface area is 118 Å². The topological polar surface area (TPSA) is 32.5 Å². The van der Waals surface area contributed by atoms with Crippen LogP contribution in [0.25, 0.3) is 0 Å². The molecular formula is C16H31N3. The lowest BCUT2D eigenvalue weighted by Gasteiger charge is -2.44. The van der Waals surface area contributed by atoms with Crippen molar-refractivity contribution in [3.8, 4) is 0 Å². The lowest BCUT2D eigenvalue weighted by atomic mass is 9.88. The zero-order chi connectivity index (χ0) is 13.5. The van der Waals surface area contributed by atoms with Gasteiger partial charge in [-0.2, -0.15) is 0 Å². The molecule has 2 aliphatic carbocycles. The summed E-state index contributed by atoms with van der Waals surface area (Å²) in [6.45, 7) is 11.6. The van der Waals surface area contributed by atoms with Crippen molar-refractivity contribution < 1.29 is 0 Å². The monoisotopic (exact) mass is 265 g/mol. The summed E-state index contributed by atoms with van der Waals surface area (Å²) in [5.74, 6) is 3.18. The fraction of sp³-hybridized carbons (Fsp3) is 1.00. The zero-order valence-electron chi connectivity index (χ0n) is 12.8. The summed E-state index contributed by atoms with van der Waals surface area (Å²) in [5.41, 5.74) is 6.07. The highest BCUT2D eigenvalue weighted by Crippen LogP contribution is 2.48. The van der Waals surface area contributed by atoms with Crippen molar-refractivity contribution in [1.29, 1.82) is 0 Å². The minimum absolute atomic E-state index is 0.179. The summed E-state index contributed by atoms with van der Waals surface area (Å²) in [4.78, 5) is 5.29. The first-order valence-electron chi connectivity index (χ1n) is 8.26. The Morgan fingerprint density at radius 2 is 1.79 bits per heavy atom. The van der Waals surface area contributed by atoms with Gasteiger partial charge in [0.15, 0.2) is 0 Å². The maximum absolute atomic E-state index is 5.89. The standard InChI is InChI=1S/C16H31N3/c1-16(2,12-17)19-7-5-18(6-8-19)11-15-10-13-3-4-14(15)9-13/h13-15H,3-12,17H2,1-2H3. The molecule has 0 radical (unpaired) electrons. The third-order valence-corrected chi connectivity index (χ3v) is 6.11. The molecule has 1 aliphatic heterocycles. The molecule has 1 heterocycles. The lowest BCUT2D eigenvalue weighted by molar-refractivity contribution is 0.0458. The van der Waals surface area contributed by atoms with Crippen LogP contribution in [0.2, 0.25) is 0 Å². The van der Waals surface area contributed by atoms with Crippen LogP contribution in [0, 0.1) is 17.8 Å². The fourth-order valence-corrected chi connectivity index (χ4v) is 4.60.